The second kappa shape index (κ2) is 5.94. The third kappa shape index (κ3) is 4.23. The summed E-state index contributed by atoms with van der Waals surface area (Å²) in [4.78, 5) is 11.9. The summed E-state index contributed by atoms with van der Waals surface area (Å²) in [5, 5.41) is 3.37. The zero-order valence-corrected chi connectivity index (χ0v) is 12.2. The Labute approximate surface area is 118 Å². The van der Waals surface area contributed by atoms with Crippen molar-refractivity contribution in [3.05, 3.63) is 35.4 Å². The number of amides is 1. The number of rotatable bonds is 4. The highest BCUT2D eigenvalue weighted by Gasteiger charge is 2.30. The average molecular weight is 338 g/mol. The molecule has 0 bridgehead atoms. The van der Waals surface area contributed by atoms with Gasteiger partial charge in [-0.3, -0.25) is 4.79 Å². The van der Waals surface area contributed by atoms with E-state index in [0.717, 1.165) is 12.1 Å². The standard InChI is InChI=1S/C13H15BrF3NO/c1-3-12(2,8-14)18-11(19)9-4-6-10(7-5-9)13(15,16)17/h4-7H,3,8H2,1-2H3,(H,18,19). The lowest BCUT2D eigenvalue weighted by Crippen LogP contribution is -2.46. The summed E-state index contributed by atoms with van der Waals surface area (Å²) in [7, 11) is 0. The minimum atomic E-state index is -4.39. The monoisotopic (exact) mass is 337 g/mol. The van der Waals surface area contributed by atoms with Crippen molar-refractivity contribution in [1.29, 1.82) is 0 Å². The average Bonchev–Trinajstić information content (AvgIpc) is 2.37. The Balaban J connectivity index is 2.85. The Bertz CT molecular complexity index is 438. The molecule has 0 fully saturated rings. The van der Waals surface area contributed by atoms with Crippen molar-refractivity contribution in [2.45, 2.75) is 32.0 Å². The summed E-state index contributed by atoms with van der Waals surface area (Å²) in [6, 6.07) is 4.18. The van der Waals surface area contributed by atoms with Gasteiger partial charge < -0.3 is 5.32 Å². The minimum absolute atomic E-state index is 0.216. The van der Waals surface area contributed by atoms with Crippen LogP contribution in [-0.2, 0) is 6.18 Å². The molecular formula is C13H15BrF3NO. The fourth-order valence-corrected chi connectivity index (χ4v) is 1.91. The van der Waals surface area contributed by atoms with Crippen LogP contribution >= 0.6 is 15.9 Å². The van der Waals surface area contributed by atoms with Gasteiger partial charge >= 0.3 is 6.18 Å². The first-order valence-corrected chi connectivity index (χ1v) is 6.90. The maximum atomic E-state index is 12.4. The van der Waals surface area contributed by atoms with E-state index in [1.54, 1.807) is 0 Å². The van der Waals surface area contributed by atoms with Crippen LogP contribution in [0.4, 0.5) is 13.2 Å². The Morgan fingerprint density at radius 1 is 1.26 bits per heavy atom. The van der Waals surface area contributed by atoms with Gasteiger partial charge in [0.15, 0.2) is 0 Å². The van der Waals surface area contributed by atoms with Gasteiger partial charge in [0.05, 0.1) is 5.56 Å². The molecule has 1 rings (SSSR count). The molecule has 0 aliphatic carbocycles. The van der Waals surface area contributed by atoms with Crippen molar-refractivity contribution in [2.24, 2.45) is 0 Å². The van der Waals surface area contributed by atoms with Crippen LogP contribution in [0.5, 0.6) is 0 Å². The van der Waals surface area contributed by atoms with Crippen LogP contribution in [0, 0.1) is 0 Å². The summed E-state index contributed by atoms with van der Waals surface area (Å²) >= 11 is 3.31. The first-order valence-electron chi connectivity index (χ1n) is 5.77. The van der Waals surface area contributed by atoms with Crippen LogP contribution < -0.4 is 5.32 Å². The number of carbonyl (C=O) groups excluding carboxylic acids is 1. The summed E-state index contributed by atoms with van der Waals surface area (Å²) in [5.41, 5.74) is -0.962. The van der Waals surface area contributed by atoms with Gasteiger partial charge in [-0.2, -0.15) is 13.2 Å². The van der Waals surface area contributed by atoms with Crippen molar-refractivity contribution in [3.8, 4) is 0 Å². The number of hydrogen-bond donors (Lipinski definition) is 1. The van der Waals surface area contributed by atoms with Gasteiger partial charge in [-0.15, -0.1) is 0 Å². The molecule has 6 heteroatoms. The maximum Gasteiger partial charge on any atom is 0.416 e. The molecule has 1 amide bonds. The molecule has 0 saturated heterocycles. The fourth-order valence-electron chi connectivity index (χ4n) is 1.37. The molecule has 2 nitrogen and oxygen atoms in total. The topological polar surface area (TPSA) is 29.1 Å². The van der Waals surface area contributed by atoms with E-state index in [4.69, 9.17) is 0 Å². The number of alkyl halides is 4. The minimum Gasteiger partial charge on any atom is -0.346 e. The second-order valence-electron chi connectivity index (χ2n) is 4.58. The van der Waals surface area contributed by atoms with E-state index in [9.17, 15) is 18.0 Å². The SMILES string of the molecule is CCC(C)(CBr)NC(=O)c1ccc(C(F)(F)F)cc1. The third-order valence-electron chi connectivity index (χ3n) is 2.96. The van der Waals surface area contributed by atoms with Crippen molar-refractivity contribution in [1.82, 2.24) is 5.32 Å². The van der Waals surface area contributed by atoms with Gasteiger partial charge in [0, 0.05) is 16.4 Å². The van der Waals surface area contributed by atoms with Crippen LogP contribution in [-0.4, -0.2) is 16.8 Å². The largest absolute Gasteiger partial charge is 0.416 e. The van der Waals surface area contributed by atoms with Gasteiger partial charge in [0.25, 0.3) is 5.91 Å². The first kappa shape index (κ1) is 16.0. The second-order valence-corrected chi connectivity index (χ2v) is 5.14. The lowest BCUT2D eigenvalue weighted by atomic mass is 10.0. The van der Waals surface area contributed by atoms with Crippen LogP contribution in [0.15, 0.2) is 24.3 Å². The summed E-state index contributed by atoms with van der Waals surface area (Å²) in [5.74, 6) is -0.377. The predicted octanol–water partition coefficient (Wildman–Crippen LogP) is 4.00. The van der Waals surface area contributed by atoms with Crippen LogP contribution in [0.3, 0.4) is 0 Å². The highest BCUT2D eigenvalue weighted by atomic mass is 79.9. The molecule has 0 saturated carbocycles. The van der Waals surface area contributed by atoms with Crippen molar-refractivity contribution >= 4 is 21.8 Å². The molecule has 19 heavy (non-hydrogen) atoms. The van der Waals surface area contributed by atoms with Crippen LogP contribution in [0.2, 0.25) is 0 Å². The summed E-state index contributed by atoms with van der Waals surface area (Å²) in [6.07, 6.45) is -3.67. The lowest BCUT2D eigenvalue weighted by molar-refractivity contribution is -0.137. The van der Waals surface area contributed by atoms with Crippen LogP contribution in [0.25, 0.3) is 0 Å². The molecule has 0 heterocycles. The molecule has 0 radical (unpaired) electrons. The van der Waals surface area contributed by atoms with Crippen molar-refractivity contribution in [2.75, 3.05) is 5.33 Å². The van der Waals surface area contributed by atoms with Gasteiger partial charge in [0.2, 0.25) is 0 Å². The molecule has 0 spiro atoms. The van der Waals surface area contributed by atoms with E-state index in [2.05, 4.69) is 21.2 Å². The lowest BCUT2D eigenvalue weighted by Gasteiger charge is -2.27. The van der Waals surface area contributed by atoms with Gasteiger partial charge in [0.1, 0.15) is 0 Å². The molecule has 1 atom stereocenters. The van der Waals surface area contributed by atoms with Gasteiger partial charge in [-0.1, -0.05) is 22.9 Å². The van der Waals surface area contributed by atoms with E-state index in [0.29, 0.717) is 11.8 Å². The van der Waals surface area contributed by atoms with Crippen molar-refractivity contribution in [3.63, 3.8) is 0 Å². The number of carbonyl (C=O) groups is 1. The predicted molar refractivity (Wildman–Crippen MR) is 71.4 cm³/mol. The normalized spacial score (nSPS) is 14.8. The van der Waals surface area contributed by atoms with E-state index in [1.807, 2.05) is 13.8 Å². The Hall–Kier alpha value is -1.04. The van der Waals surface area contributed by atoms with E-state index < -0.39 is 17.3 Å². The molecule has 1 N–H and O–H groups in total. The molecule has 1 aromatic rings. The van der Waals surface area contributed by atoms with Gasteiger partial charge in [-0.25, -0.2) is 0 Å². The number of halogens is 4. The molecule has 1 unspecified atom stereocenters. The highest BCUT2D eigenvalue weighted by molar-refractivity contribution is 9.09. The molecule has 1 aromatic carbocycles. The van der Waals surface area contributed by atoms with Crippen molar-refractivity contribution < 1.29 is 18.0 Å². The number of benzene rings is 1. The van der Waals surface area contributed by atoms with Crippen LogP contribution in [0.1, 0.15) is 36.2 Å². The summed E-state index contributed by atoms with van der Waals surface area (Å²) in [6.45, 7) is 3.79. The smallest absolute Gasteiger partial charge is 0.346 e. The van der Waals surface area contributed by atoms with E-state index in [1.165, 1.54) is 12.1 Å². The Morgan fingerprint density at radius 2 is 1.79 bits per heavy atom. The maximum absolute atomic E-state index is 12.4. The molecule has 0 aromatic heterocycles. The van der Waals surface area contributed by atoms with E-state index >= 15 is 0 Å². The quantitative estimate of drug-likeness (QED) is 0.826. The zero-order valence-electron chi connectivity index (χ0n) is 10.6. The fraction of sp³-hybridized carbons (Fsp3) is 0.462. The number of nitrogens with one attached hydrogen (secondary N) is 1. The first-order chi connectivity index (χ1) is 8.72. The third-order valence-corrected chi connectivity index (χ3v) is 4.20. The number of hydrogen-bond acceptors (Lipinski definition) is 1. The zero-order chi connectivity index (χ0) is 14.7. The Kier molecular flexibility index (Phi) is 5.01. The highest BCUT2D eigenvalue weighted by Crippen LogP contribution is 2.29. The Morgan fingerprint density at radius 3 is 2.16 bits per heavy atom. The molecular weight excluding hydrogens is 323 g/mol. The summed E-state index contributed by atoms with van der Waals surface area (Å²) < 4.78 is 37.2. The molecule has 0 aliphatic rings. The molecule has 106 valence electrons. The molecule has 0 aliphatic heterocycles. The van der Waals surface area contributed by atoms with E-state index in [-0.39, 0.29) is 11.5 Å². The van der Waals surface area contributed by atoms with Gasteiger partial charge in [-0.05, 0) is 37.6 Å².